The van der Waals surface area contributed by atoms with Gasteiger partial charge in [0.25, 0.3) is 0 Å². The van der Waals surface area contributed by atoms with Crippen molar-refractivity contribution in [1.82, 2.24) is 0 Å². The lowest BCUT2D eigenvalue weighted by Gasteiger charge is -2.08. The molecule has 1 aromatic rings. The Kier molecular flexibility index (Phi) is 4.33. The highest BCUT2D eigenvalue weighted by Crippen LogP contribution is 2.12. The minimum absolute atomic E-state index is 0.0871. The van der Waals surface area contributed by atoms with Crippen LogP contribution in [-0.4, -0.2) is 25.3 Å². The third-order valence-electron chi connectivity index (χ3n) is 2.65. The first-order valence-corrected chi connectivity index (χ1v) is 5.86. The van der Waals surface area contributed by atoms with E-state index in [-0.39, 0.29) is 12.1 Å². The summed E-state index contributed by atoms with van der Waals surface area (Å²) in [5.41, 5.74) is 0.988. The van der Waals surface area contributed by atoms with Crippen LogP contribution >= 0.6 is 0 Å². The van der Waals surface area contributed by atoms with Crippen LogP contribution < -0.4 is 0 Å². The first-order valence-electron chi connectivity index (χ1n) is 5.86. The van der Waals surface area contributed by atoms with E-state index in [1.165, 1.54) is 6.08 Å². The molecule has 2 rings (SSSR count). The third kappa shape index (κ3) is 4.04. The van der Waals surface area contributed by atoms with Gasteiger partial charge in [-0.1, -0.05) is 30.3 Å². The van der Waals surface area contributed by atoms with E-state index in [4.69, 9.17) is 9.47 Å². The van der Waals surface area contributed by atoms with Gasteiger partial charge < -0.3 is 9.47 Å². The number of hydrogen-bond acceptors (Lipinski definition) is 3. The van der Waals surface area contributed by atoms with Crippen molar-refractivity contribution in [1.29, 1.82) is 0 Å². The molecule has 1 atom stereocenters. The van der Waals surface area contributed by atoms with E-state index in [0.717, 1.165) is 25.0 Å². The monoisotopic (exact) mass is 232 g/mol. The minimum atomic E-state index is -0.315. The highest BCUT2D eigenvalue weighted by Gasteiger charge is 2.16. The molecular weight excluding hydrogens is 216 g/mol. The van der Waals surface area contributed by atoms with Crippen molar-refractivity contribution in [3.8, 4) is 0 Å². The fourth-order valence-corrected chi connectivity index (χ4v) is 1.73. The van der Waals surface area contributed by atoms with Gasteiger partial charge in [-0.15, -0.1) is 0 Å². The predicted octanol–water partition coefficient (Wildman–Crippen LogP) is 2.42. The lowest BCUT2D eigenvalue weighted by molar-refractivity contribution is -0.140. The van der Waals surface area contributed by atoms with Gasteiger partial charge in [0.05, 0.1) is 6.10 Å². The van der Waals surface area contributed by atoms with Gasteiger partial charge in [-0.25, -0.2) is 4.79 Å². The van der Waals surface area contributed by atoms with E-state index < -0.39 is 0 Å². The molecule has 0 N–H and O–H groups in total. The lowest BCUT2D eigenvalue weighted by Crippen LogP contribution is -2.16. The number of hydrogen-bond donors (Lipinski definition) is 0. The number of rotatable bonds is 4. The molecule has 0 unspecified atom stereocenters. The molecule has 1 fully saturated rings. The number of carbonyl (C=O) groups is 1. The Hall–Kier alpha value is -1.61. The standard InChI is InChI=1S/C14H16O3/c15-14(17-11-13-7-4-10-16-13)9-8-12-5-2-1-3-6-12/h1-3,5-6,8-9,13H,4,7,10-11H2/b9-8+/t13-/m0/s1. The fraction of sp³-hybridized carbons (Fsp3) is 0.357. The molecule has 3 nitrogen and oxygen atoms in total. The van der Waals surface area contributed by atoms with Gasteiger partial charge in [0.15, 0.2) is 0 Å². The number of esters is 1. The zero-order valence-electron chi connectivity index (χ0n) is 9.67. The van der Waals surface area contributed by atoms with Crippen LogP contribution in [0, 0.1) is 0 Å². The average molecular weight is 232 g/mol. The molecule has 1 aromatic carbocycles. The Labute approximate surface area is 101 Å². The molecule has 0 bridgehead atoms. The maximum Gasteiger partial charge on any atom is 0.330 e. The van der Waals surface area contributed by atoms with Gasteiger partial charge in [0.2, 0.25) is 0 Å². The second kappa shape index (κ2) is 6.21. The summed E-state index contributed by atoms with van der Waals surface area (Å²) in [6.07, 6.45) is 5.32. The quantitative estimate of drug-likeness (QED) is 0.590. The van der Waals surface area contributed by atoms with Crippen LogP contribution in [0.5, 0.6) is 0 Å². The summed E-state index contributed by atoms with van der Waals surface area (Å²) >= 11 is 0. The molecule has 0 radical (unpaired) electrons. The van der Waals surface area contributed by atoms with Gasteiger partial charge in [0.1, 0.15) is 6.61 Å². The molecule has 3 heteroatoms. The summed E-state index contributed by atoms with van der Waals surface area (Å²) in [5, 5.41) is 0. The second-order valence-electron chi connectivity index (χ2n) is 4.01. The summed E-state index contributed by atoms with van der Waals surface area (Å²) in [5.74, 6) is -0.315. The van der Waals surface area contributed by atoms with E-state index in [1.54, 1.807) is 6.08 Å². The van der Waals surface area contributed by atoms with Crippen molar-refractivity contribution in [3.05, 3.63) is 42.0 Å². The Balaban J connectivity index is 1.75. The summed E-state index contributed by atoms with van der Waals surface area (Å²) in [6.45, 7) is 1.14. The SMILES string of the molecule is O=C(/C=C/c1ccccc1)OC[C@@H]1CCCO1. The van der Waals surface area contributed by atoms with Gasteiger partial charge in [-0.05, 0) is 24.5 Å². The van der Waals surface area contributed by atoms with Crippen LogP contribution in [0.2, 0.25) is 0 Å². The summed E-state index contributed by atoms with van der Waals surface area (Å²) in [6, 6.07) is 9.66. The Morgan fingerprint density at radius 3 is 2.94 bits per heavy atom. The number of ether oxygens (including phenoxy) is 2. The smallest absolute Gasteiger partial charge is 0.330 e. The van der Waals surface area contributed by atoms with Crippen LogP contribution in [0.15, 0.2) is 36.4 Å². The Morgan fingerprint density at radius 1 is 1.41 bits per heavy atom. The molecular formula is C14H16O3. The van der Waals surface area contributed by atoms with Crippen LogP contribution in [0.25, 0.3) is 6.08 Å². The molecule has 0 aromatic heterocycles. The molecule has 1 heterocycles. The van der Waals surface area contributed by atoms with Crippen LogP contribution in [0.1, 0.15) is 18.4 Å². The maximum atomic E-state index is 11.4. The van der Waals surface area contributed by atoms with E-state index in [2.05, 4.69) is 0 Å². The van der Waals surface area contributed by atoms with Gasteiger partial charge >= 0.3 is 5.97 Å². The van der Waals surface area contributed by atoms with Crippen molar-refractivity contribution >= 4 is 12.0 Å². The summed E-state index contributed by atoms with van der Waals surface area (Å²) < 4.78 is 10.5. The zero-order chi connectivity index (χ0) is 11.9. The molecule has 1 aliphatic rings. The van der Waals surface area contributed by atoms with E-state index >= 15 is 0 Å². The molecule has 17 heavy (non-hydrogen) atoms. The van der Waals surface area contributed by atoms with Crippen molar-refractivity contribution in [2.24, 2.45) is 0 Å². The van der Waals surface area contributed by atoms with Crippen molar-refractivity contribution in [3.63, 3.8) is 0 Å². The Morgan fingerprint density at radius 2 is 2.24 bits per heavy atom. The number of benzene rings is 1. The molecule has 90 valence electrons. The molecule has 0 amide bonds. The van der Waals surface area contributed by atoms with Gasteiger partial charge in [-0.3, -0.25) is 0 Å². The summed E-state index contributed by atoms with van der Waals surface area (Å²) in [7, 11) is 0. The highest BCUT2D eigenvalue weighted by molar-refractivity contribution is 5.87. The molecule has 0 spiro atoms. The van der Waals surface area contributed by atoms with E-state index in [0.29, 0.717) is 6.61 Å². The fourth-order valence-electron chi connectivity index (χ4n) is 1.73. The van der Waals surface area contributed by atoms with E-state index in [9.17, 15) is 4.79 Å². The topological polar surface area (TPSA) is 35.5 Å². The van der Waals surface area contributed by atoms with Crippen molar-refractivity contribution in [2.75, 3.05) is 13.2 Å². The minimum Gasteiger partial charge on any atom is -0.460 e. The first-order chi connectivity index (χ1) is 8.34. The third-order valence-corrected chi connectivity index (χ3v) is 2.65. The largest absolute Gasteiger partial charge is 0.460 e. The first kappa shape index (κ1) is 11.9. The average Bonchev–Trinajstić information content (AvgIpc) is 2.88. The normalized spacial score (nSPS) is 19.6. The highest BCUT2D eigenvalue weighted by atomic mass is 16.6. The molecule has 1 saturated heterocycles. The lowest BCUT2D eigenvalue weighted by atomic mass is 10.2. The van der Waals surface area contributed by atoms with Crippen molar-refractivity contribution < 1.29 is 14.3 Å². The predicted molar refractivity (Wildman–Crippen MR) is 65.4 cm³/mol. The van der Waals surface area contributed by atoms with Crippen LogP contribution in [-0.2, 0) is 14.3 Å². The molecule has 0 aliphatic carbocycles. The van der Waals surface area contributed by atoms with Crippen LogP contribution in [0.3, 0.4) is 0 Å². The second-order valence-corrected chi connectivity index (χ2v) is 4.01. The van der Waals surface area contributed by atoms with Gasteiger partial charge in [0, 0.05) is 12.7 Å². The molecule has 1 aliphatic heterocycles. The molecule has 0 saturated carbocycles. The van der Waals surface area contributed by atoms with E-state index in [1.807, 2.05) is 30.3 Å². The number of carbonyl (C=O) groups excluding carboxylic acids is 1. The Bertz CT molecular complexity index is 378. The van der Waals surface area contributed by atoms with Crippen LogP contribution in [0.4, 0.5) is 0 Å². The van der Waals surface area contributed by atoms with Crippen molar-refractivity contribution in [2.45, 2.75) is 18.9 Å². The van der Waals surface area contributed by atoms with Gasteiger partial charge in [-0.2, -0.15) is 0 Å². The summed E-state index contributed by atoms with van der Waals surface area (Å²) in [4.78, 5) is 11.4. The zero-order valence-corrected chi connectivity index (χ0v) is 9.67. The maximum absolute atomic E-state index is 11.4.